The van der Waals surface area contributed by atoms with E-state index in [-0.39, 0.29) is 12.0 Å². The third kappa shape index (κ3) is 3.86. The minimum absolute atomic E-state index is 0.349. The van der Waals surface area contributed by atoms with E-state index < -0.39 is 6.04 Å². The van der Waals surface area contributed by atoms with Gasteiger partial charge in [-0.25, -0.2) is 0 Å². The number of rotatable bonds is 7. The first-order chi connectivity index (χ1) is 10.7. The maximum atomic E-state index is 12.0. The van der Waals surface area contributed by atoms with Crippen LogP contribution >= 0.6 is 0 Å². The SMILES string of the molecule is CCC[C@H](C#N)N[C@@H](Cc1cc2ccccc2[nH]1)C(=O)OC. The minimum atomic E-state index is -0.533. The van der Waals surface area contributed by atoms with Crippen molar-refractivity contribution in [1.29, 1.82) is 5.26 Å². The Morgan fingerprint density at radius 1 is 1.45 bits per heavy atom. The molecule has 0 amide bonds. The highest BCUT2D eigenvalue weighted by atomic mass is 16.5. The Labute approximate surface area is 130 Å². The highest BCUT2D eigenvalue weighted by Crippen LogP contribution is 2.16. The average molecular weight is 299 g/mol. The lowest BCUT2D eigenvalue weighted by atomic mass is 10.1. The number of methoxy groups -OCH3 is 1. The zero-order valence-electron chi connectivity index (χ0n) is 12.9. The Morgan fingerprint density at radius 2 is 2.23 bits per heavy atom. The van der Waals surface area contributed by atoms with Crippen LogP contribution in [0.2, 0.25) is 0 Å². The molecule has 22 heavy (non-hydrogen) atoms. The van der Waals surface area contributed by atoms with Gasteiger partial charge in [0.15, 0.2) is 0 Å². The van der Waals surface area contributed by atoms with Gasteiger partial charge in [-0.15, -0.1) is 0 Å². The summed E-state index contributed by atoms with van der Waals surface area (Å²) >= 11 is 0. The monoisotopic (exact) mass is 299 g/mol. The number of hydrogen-bond donors (Lipinski definition) is 2. The van der Waals surface area contributed by atoms with Crippen LogP contribution in [0.5, 0.6) is 0 Å². The standard InChI is InChI=1S/C17H21N3O2/c1-3-6-13(11-18)19-16(17(21)22-2)10-14-9-12-7-4-5-8-15(12)20-14/h4-5,7-9,13,16,19-20H,3,6,10H2,1-2H3/t13-,16+/m1/s1. The van der Waals surface area contributed by atoms with E-state index in [9.17, 15) is 4.79 Å². The molecule has 2 rings (SSSR count). The summed E-state index contributed by atoms with van der Waals surface area (Å²) in [5.74, 6) is -0.352. The number of nitrogens with zero attached hydrogens (tertiary/aromatic N) is 1. The van der Waals surface area contributed by atoms with Gasteiger partial charge in [0.1, 0.15) is 6.04 Å². The Bertz CT molecular complexity index is 639. The quantitative estimate of drug-likeness (QED) is 0.770. The van der Waals surface area contributed by atoms with Crippen molar-refractivity contribution >= 4 is 16.9 Å². The number of H-pyrrole nitrogens is 1. The summed E-state index contributed by atoms with van der Waals surface area (Å²) in [6.45, 7) is 2.01. The molecule has 0 aliphatic carbocycles. The molecule has 0 aliphatic rings. The zero-order valence-corrected chi connectivity index (χ0v) is 12.9. The summed E-state index contributed by atoms with van der Waals surface area (Å²) < 4.78 is 4.86. The fraction of sp³-hybridized carbons (Fsp3) is 0.412. The number of nitriles is 1. The molecule has 0 aliphatic heterocycles. The third-order valence-corrected chi connectivity index (χ3v) is 3.63. The lowest BCUT2D eigenvalue weighted by Gasteiger charge is -2.19. The first-order valence-electron chi connectivity index (χ1n) is 7.48. The maximum Gasteiger partial charge on any atom is 0.323 e. The number of hydrogen-bond acceptors (Lipinski definition) is 4. The van der Waals surface area contributed by atoms with Crippen LogP contribution in [0.3, 0.4) is 0 Å². The molecule has 0 unspecified atom stereocenters. The van der Waals surface area contributed by atoms with Crippen LogP contribution in [-0.2, 0) is 16.0 Å². The molecule has 0 radical (unpaired) electrons. The van der Waals surface area contributed by atoms with Gasteiger partial charge < -0.3 is 9.72 Å². The van der Waals surface area contributed by atoms with Crippen molar-refractivity contribution in [3.8, 4) is 6.07 Å². The van der Waals surface area contributed by atoms with E-state index in [1.54, 1.807) is 0 Å². The van der Waals surface area contributed by atoms with Crippen LogP contribution in [-0.4, -0.2) is 30.1 Å². The third-order valence-electron chi connectivity index (χ3n) is 3.63. The fourth-order valence-corrected chi connectivity index (χ4v) is 2.53. The van der Waals surface area contributed by atoms with Gasteiger partial charge in [0.25, 0.3) is 0 Å². The van der Waals surface area contributed by atoms with Crippen LogP contribution < -0.4 is 5.32 Å². The molecule has 0 fully saturated rings. The molecular formula is C17H21N3O2. The molecule has 2 N–H and O–H groups in total. The van der Waals surface area contributed by atoms with Crippen LogP contribution in [0.4, 0.5) is 0 Å². The lowest BCUT2D eigenvalue weighted by molar-refractivity contribution is -0.143. The van der Waals surface area contributed by atoms with Crippen molar-refractivity contribution in [2.45, 2.75) is 38.3 Å². The van der Waals surface area contributed by atoms with Crippen molar-refractivity contribution in [3.63, 3.8) is 0 Å². The van der Waals surface area contributed by atoms with E-state index in [2.05, 4.69) is 16.4 Å². The van der Waals surface area contributed by atoms with E-state index in [1.165, 1.54) is 7.11 Å². The number of carbonyl (C=O) groups excluding carboxylic acids is 1. The lowest BCUT2D eigenvalue weighted by Crippen LogP contribution is -2.44. The number of nitrogens with one attached hydrogen (secondary N) is 2. The summed E-state index contributed by atoms with van der Waals surface area (Å²) in [5, 5.41) is 13.4. The molecule has 0 spiro atoms. The van der Waals surface area contributed by atoms with Crippen LogP contribution in [0, 0.1) is 11.3 Å². The number of benzene rings is 1. The molecule has 1 aromatic heterocycles. The van der Waals surface area contributed by atoms with Gasteiger partial charge in [0, 0.05) is 17.6 Å². The second-order valence-electron chi connectivity index (χ2n) is 5.30. The summed E-state index contributed by atoms with van der Waals surface area (Å²) in [6.07, 6.45) is 2.05. The Kier molecular flexibility index (Phi) is 5.56. The van der Waals surface area contributed by atoms with E-state index in [0.29, 0.717) is 12.8 Å². The second-order valence-corrected chi connectivity index (χ2v) is 5.30. The normalized spacial score (nSPS) is 13.5. The van der Waals surface area contributed by atoms with Gasteiger partial charge in [0.2, 0.25) is 0 Å². The van der Waals surface area contributed by atoms with Gasteiger partial charge in [0.05, 0.1) is 19.2 Å². The number of para-hydroxylation sites is 1. The number of esters is 1. The minimum Gasteiger partial charge on any atom is -0.468 e. The molecule has 0 bridgehead atoms. The number of ether oxygens (including phenoxy) is 1. The zero-order chi connectivity index (χ0) is 15.9. The molecule has 0 saturated heterocycles. The van der Waals surface area contributed by atoms with Crippen LogP contribution in [0.1, 0.15) is 25.5 Å². The summed E-state index contributed by atoms with van der Waals surface area (Å²) in [6, 6.07) is 11.3. The fourth-order valence-electron chi connectivity index (χ4n) is 2.53. The predicted molar refractivity (Wildman–Crippen MR) is 85.3 cm³/mol. The first-order valence-corrected chi connectivity index (χ1v) is 7.48. The first kappa shape index (κ1) is 16.1. The summed E-state index contributed by atoms with van der Waals surface area (Å²) in [7, 11) is 1.36. The number of aromatic nitrogens is 1. The van der Waals surface area contributed by atoms with Crippen molar-refractivity contribution in [2.75, 3.05) is 7.11 Å². The van der Waals surface area contributed by atoms with Gasteiger partial charge in [-0.1, -0.05) is 31.5 Å². The number of carbonyl (C=O) groups is 1. The number of fused-ring (bicyclic) bond motifs is 1. The van der Waals surface area contributed by atoms with E-state index in [1.807, 2.05) is 37.3 Å². The molecule has 0 saturated carbocycles. The molecule has 1 heterocycles. The van der Waals surface area contributed by atoms with Crippen LogP contribution in [0.15, 0.2) is 30.3 Å². The summed E-state index contributed by atoms with van der Waals surface area (Å²) in [4.78, 5) is 15.3. The van der Waals surface area contributed by atoms with Crippen LogP contribution in [0.25, 0.3) is 10.9 Å². The van der Waals surface area contributed by atoms with E-state index in [4.69, 9.17) is 10.00 Å². The molecular weight excluding hydrogens is 278 g/mol. The van der Waals surface area contributed by atoms with Crippen molar-refractivity contribution in [2.24, 2.45) is 0 Å². The molecule has 2 atom stereocenters. The van der Waals surface area contributed by atoms with E-state index >= 15 is 0 Å². The molecule has 2 aromatic rings. The molecule has 1 aromatic carbocycles. The molecule has 116 valence electrons. The van der Waals surface area contributed by atoms with Crippen molar-refractivity contribution in [3.05, 3.63) is 36.0 Å². The van der Waals surface area contributed by atoms with Gasteiger partial charge in [-0.2, -0.15) is 5.26 Å². The molecule has 5 nitrogen and oxygen atoms in total. The maximum absolute atomic E-state index is 12.0. The van der Waals surface area contributed by atoms with E-state index in [0.717, 1.165) is 23.0 Å². The van der Waals surface area contributed by atoms with Gasteiger partial charge in [-0.3, -0.25) is 10.1 Å². The Morgan fingerprint density at radius 3 is 2.86 bits per heavy atom. The topological polar surface area (TPSA) is 77.9 Å². The summed E-state index contributed by atoms with van der Waals surface area (Å²) in [5.41, 5.74) is 1.98. The average Bonchev–Trinajstić information content (AvgIpc) is 2.95. The molecule has 5 heteroatoms. The van der Waals surface area contributed by atoms with Crippen molar-refractivity contribution < 1.29 is 9.53 Å². The van der Waals surface area contributed by atoms with Gasteiger partial charge >= 0.3 is 5.97 Å². The predicted octanol–water partition coefficient (Wildman–Crippen LogP) is 2.53. The largest absolute Gasteiger partial charge is 0.468 e. The smallest absolute Gasteiger partial charge is 0.323 e. The highest BCUT2D eigenvalue weighted by molar-refractivity contribution is 5.81. The van der Waals surface area contributed by atoms with Crippen molar-refractivity contribution in [1.82, 2.24) is 10.3 Å². The Balaban J connectivity index is 2.15. The highest BCUT2D eigenvalue weighted by Gasteiger charge is 2.23. The number of aromatic amines is 1. The second kappa shape index (κ2) is 7.62. The Hall–Kier alpha value is -2.32. The van der Waals surface area contributed by atoms with Gasteiger partial charge in [-0.05, 0) is 23.9 Å².